The molecular weight excluding hydrogens is 261 g/mol. The van der Waals surface area contributed by atoms with E-state index in [1.54, 1.807) is 6.92 Å². The first-order valence-corrected chi connectivity index (χ1v) is 6.65. The Labute approximate surface area is 105 Å². The van der Waals surface area contributed by atoms with Crippen LogP contribution < -0.4 is 0 Å². The average Bonchev–Trinajstić information content (AvgIpc) is 2.30. The molecule has 0 heterocycles. The van der Waals surface area contributed by atoms with Crippen LogP contribution in [0.4, 0.5) is 4.39 Å². The van der Waals surface area contributed by atoms with Gasteiger partial charge in [-0.25, -0.2) is 21.9 Å². The fraction of sp³-hybridized carbons (Fsp3) is 0.364. The van der Waals surface area contributed by atoms with Gasteiger partial charge < -0.3 is 5.11 Å². The summed E-state index contributed by atoms with van der Waals surface area (Å²) >= 11 is 0. The fourth-order valence-electron chi connectivity index (χ4n) is 1.38. The lowest BCUT2D eigenvalue weighted by atomic mass is 10.1. The molecule has 1 aromatic carbocycles. The van der Waals surface area contributed by atoms with E-state index in [1.807, 2.05) is 0 Å². The number of hydrogen-bond donors (Lipinski definition) is 1. The molecule has 1 N–H and O–H groups in total. The van der Waals surface area contributed by atoms with E-state index in [1.165, 1.54) is 14.0 Å². The topological polar surface area (TPSA) is 74.7 Å². The predicted octanol–water partition coefficient (Wildman–Crippen LogP) is 1.47. The number of halogens is 1. The third-order valence-electron chi connectivity index (χ3n) is 2.68. The largest absolute Gasteiger partial charge is 0.478 e. The van der Waals surface area contributed by atoms with E-state index < -0.39 is 21.8 Å². The normalized spacial score (nSPS) is 11.8. The zero-order valence-corrected chi connectivity index (χ0v) is 11.1. The van der Waals surface area contributed by atoms with Crippen LogP contribution in [0, 0.1) is 12.7 Å². The molecule has 0 radical (unpaired) electrons. The number of carbonyl (C=O) groups is 1. The minimum atomic E-state index is -3.87. The number of benzene rings is 1. The zero-order chi connectivity index (χ0) is 14.1. The van der Waals surface area contributed by atoms with Crippen LogP contribution in [-0.4, -0.2) is 37.4 Å². The summed E-state index contributed by atoms with van der Waals surface area (Å²) in [5.41, 5.74) is -0.471. The lowest BCUT2D eigenvalue weighted by Gasteiger charge is -2.17. The Kier molecular flexibility index (Phi) is 4.08. The maximum absolute atomic E-state index is 13.6. The van der Waals surface area contributed by atoms with Crippen molar-refractivity contribution in [2.24, 2.45) is 0 Å². The number of hydrogen-bond acceptors (Lipinski definition) is 3. The molecular formula is C11H14FNO4S. The molecule has 7 heteroatoms. The zero-order valence-electron chi connectivity index (χ0n) is 10.3. The van der Waals surface area contributed by atoms with E-state index in [-0.39, 0.29) is 22.6 Å². The Morgan fingerprint density at radius 2 is 2.00 bits per heavy atom. The van der Waals surface area contributed by atoms with E-state index in [4.69, 9.17) is 5.11 Å². The van der Waals surface area contributed by atoms with Gasteiger partial charge in [-0.15, -0.1) is 0 Å². The summed E-state index contributed by atoms with van der Waals surface area (Å²) in [6.07, 6.45) is 0. The quantitative estimate of drug-likeness (QED) is 0.903. The van der Waals surface area contributed by atoms with Crippen molar-refractivity contribution in [1.29, 1.82) is 0 Å². The minimum Gasteiger partial charge on any atom is -0.478 e. The number of sulfonamides is 1. The summed E-state index contributed by atoms with van der Waals surface area (Å²) in [6, 6.07) is 1.78. The Morgan fingerprint density at radius 3 is 2.44 bits per heavy atom. The second-order valence-electron chi connectivity index (χ2n) is 3.81. The van der Waals surface area contributed by atoms with E-state index in [9.17, 15) is 17.6 Å². The molecule has 0 unspecified atom stereocenters. The van der Waals surface area contributed by atoms with Crippen molar-refractivity contribution in [1.82, 2.24) is 4.31 Å². The SMILES string of the molecule is CCN(C)S(=O)(=O)c1cc(C(=O)O)cc(F)c1C. The van der Waals surface area contributed by atoms with Crippen molar-refractivity contribution in [2.75, 3.05) is 13.6 Å². The molecule has 1 aromatic rings. The summed E-state index contributed by atoms with van der Waals surface area (Å²) in [7, 11) is -2.52. The van der Waals surface area contributed by atoms with Crippen LogP contribution in [0.25, 0.3) is 0 Å². The highest BCUT2D eigenvalue weighted by Gasteiger charge is 2.25. The van der Waals surface area contributed by atoms with Gasteiger partial charge in [0.05, 0.1) is 10.5 Å². The third kappa shape index (κ3) is 2.51. The van der Waals surface area contributed by atoms with Gasteiger partial charge in [0, 0.05) is 19.2 Å². The first kappa shape index (κ1) is 14.6. The molecule has 0 saturated carbocycles. The highest BCUT2D eigenvalue weighted by molar-refractivity contribution is 7.89. The molecule has 0 aliphatic heterocycles. The van der Waals surface area contributed by atoms with Crippen molar-refractivity contribution >= 4 is 16.0 Å². The highest BCUT2D eigenvalue weighted by atomic mass is 32.2. The highest BCUT2D eigenvalue weighted by Crippen LogP contribution is 2.23. The number of carboxylic acid groups (broad SMARTS) is 1. The Balaban J connectivity index is 3.55. The van der Waals surface area contributed by atoms with Crippen LogP contribution in [0.5, 0.6) is 0 Å². The summed E-state index contributed by atoms with van der Waals surface area (Å²) < 4.78 is 38.7. The molecule has 0 aliphatic rings. The average molecular weight is 275 g/mol. The summed E-state index contributed by atoms with van der Waals surface area (Å²) in [5, 5.41) is 8.81. The van der Waals surface area contributed by atoms with Gasteiger partial charge in [0.2, 0.25) is 10.0 Å². The summed E-state index contributed by atoms with van der Waals surface area (Å²) in [5.74, 6) is -2.22. The minimum absolute atomic E-state index is 0.0831. The molecule has 5 nitrogen and oxygen atoms in total. The first-order valence-electron chi connectivity index (χ1n) is 5.21. The lowest BCUT2D eigenvalue weighted by molar-refractivity contribution is 0.0696. The predicted molar refractivity (Wildman–Crippen MR) is 63.6 cm³/mol. The fourth-order valence-corrected chi connectivity index (χ4v) is 2.82. The van der Waals surface area contributed by atoms with Crippen molar-refractivity contribution in [2.45, 2.75) is 18.7 Å². The smallest absolute Gasteiger partial charge is 0.335 e. The van der Waals surface area contributed by atoms with E-state index >= 15 is 0 Å². The first-order chi connectivity index (χ1) is 8.21. The maximum atomic E-state index is 13.6. The molecule has 0 saturated heterocycles. The van der Waals surface area contributed by atoms with Crippen LogP contribution >= 0.6 is 0 Å². The maximum Gasteiger partial charge on any atom is 0.335 e. The number of rotatable bonds is 4. The van der Waals surface area contributed by atoms with Gasteiger partial charge in [-0.1, -0.05) is 6.92 Å². The van der Waals surface area contributed by atoms with Gasteiger partial charge >= 0.3 is 5.97 Å². The molecule has 100 valence electrons. The Hall–Kier alpha value is -1.47. The Morgan fingerprint density at radius 1 is 1.44 bits per heavy atom. The molecule has 0 aliphatic carbocycles. The number of carboxylic acids is 1. The number of nitrogens with zero attached hydrogens (tertiary/aromatic N) is 1. The van der Waals surface area contributed by atoms with Gasteiger partial charge in [-0.05, 0) is 19.1 Å². The molecule has 0 spiro atoms. The summed E-state index contributed by atoms with van der Waals surface area (Å²) in [6.45, 7) is 3.14. The van der Waals surface area contributed by atoms with Gasteiger partial charge in [0.15, 0.2) is 0 Å². The van der Waals surface area contributed by atoms with Gasteiger partial charge in [-0.3, -0.25) is 0 Å². The molecule has 1 rings (SSSR count). The standard InChI is InChI=1S/C11H14FNO4S/c1-4-13(3)18(16,17)10-6-8(11(14)15)5-9(12)7(10)2/h5-6H,4H2,1-3H3,(H,14,15). The molecule has 18 heavy (non-hydrogen) atoms. The molecule has 0 bridgehead atoms. The van der Waals surface area contributed by atoms with Gasteiger partial charge in [0.25, 0.3) is 0 Å². The second-order valence-corrected chi connectivity index (χ2v) is 5.82. The monoisotopic (exact) mass is 275 g/mol. The van der Waals surface area contributed by atoms with Crippen LogP contribution in [0.15, 0.2) is 17.0 Å². The molecule has 0 aromatic heterocycles. The Bertz CT molecular complexity index is 583. The molecule has 0 atom stereocenters. The molecule has 0 amide bonds. The van der Waals surface area contributed by atoms with E-state index in [0.29, 0.717) is 0 Å². The van der Waals surface area contributed by atoms with Crippen LogP contribution in [0.1, 0.15) is 22.8 Å². The molecule has 0 fully saturated rings. The van der Waals surface area contributed by atoms with Crippen LogP contribution in [-0.2, 0) is 10.0 Å². The second kappa shape index (κ2) is 5.03. The van der Waals surface area contributed by atoms with Gasteiger partial charge in [0.1, 0.15) is 5.82 Å². The van der Waals surface area contributed by atoms with Crippen LogP contribution in [0.2, 0.25) is 0 Å². The van der Waals surface area contributed by atoms with E-state index in [0.717, 1.165) is 16.4 Å². The summed E-state index contributed by atoms with van der Waals surface area (Å²) in [4.78, 5) is 10.5. The van der Waals surface area contributed by atoms with E-state index in [2.05, 4.69) is 0 Å². The van der Waals surface area contributed by atoms with Crippen LogP contribution in [0.3, 0.4) is 0 Å². The van der Waals surface area contributed by atoms with Crippen molar-refractivity contribution in [3.05, 3.63) is 29.1 Å². The lowest BCUT2D eigenvalue weighted by Crippen LogP contribution is -2.27. The van der Waals surface area contributed by atoms with Crippen molar-refractivity contribution in [3.8, 4) is 0 Å². The van der Waals surface area contributed by atoms with Crippen molar-refractivity contribution < 1.29 is 22.7 Å². The number of aromatic carboxylic acids is 1. The third-order valence-corrected chi connectivity index (χ3v) is 4.74. The van der Waals surface area contributed by atoms with Crippen molar-refractivity contribution in [3.63, 3.8) is 0 Å². The van der Waals surface area contributed by atoms with Gasteiger partial charge in [-0.2, -0.15) is 0 Å².